The number of amides is 1. The van der Waals surface area contributed by atoms with Gasteiger partial charge in [-0.1, -0.05) is 66.4 Å². The summed E-state index contributed by atoms with van der Waals surface area (Å²) in [5, 5.41) is 15.1. The Kier molecular flexibility index (Phi) is 5.42. The second-order valence-corrected chi connectivity index (χ2v) is 6.76. The van der Waals surface area contributed by atoms with Gasteiger partial charge in [0.15, 0.2) is 4.32 Å². The highest BCUT2D eigenvalue weighted by atomic mass is 32.2. The molecular weight excluding hydrogens is 352 g/mol. The average molecular weight is 366 g/mol. The first kappa shape index (κ1) is 17.1. The molecule has 2 aromatic carbocycles. The van der Waals surface area contributed by atoms with Gasteiger partial charge in [0.1, 0.15) is 5.75 Å². The Morgan fingerprint density at radius 2 is 1.80 bits per heavy atom. The summed E-state index contributed by atoms with van der Waals surface area (Å²) in [5.74, 6) is -0.190. The first-order valence-corrected chi connectivity index (χ1v) is 8.69. The van der Waals surface area contributed by atoms with E-state index >= 15 is 0 Å². The van der Waals surface area contributed by atoms with Crippen LogP contribution in [0.1, 0.15) is 11.1 Å². The molecule has 0 bridgehead atoms. The van der Waals surface area contributed by atoms with Gasteiger partial charge in [0.05, 0.1) is 4.91 Å². The van der Waals surface area contributed by atoms with Crippen molar-refractivity contribution < 1.29 is 9.90 Å². The van der Waals surface area contributed by atoms with Gasteiger partial charge in [-0.25, -0.2) is 0 Å². The van der Waals surface area contributed by atoms with Crippen molar-refractivity contribution in [3.63, 3.8) is 0 Å². The highest BCUT2D eigenvalue weighted by Gasteiger charge is 2.32. The van der Waals surface area contributed by atoms with Gasteiger partial charge in [-0.2, -0.15) is 10.1 Å². The fourth-order valence-electron chi connectivity index (χ4n) is 2.13. The molecule has 3 rings (SSSR count). The van der Waals surface area contributed by atoms with Crippen molar-refractivity contribution in [2.45, 2.75) is 0 Å². The van der Waals surface area contributed by atoms with Gasteiger partial charge in [-0.05, 0) is 36.0 Å². The van der Waals surface area contributed by atoms with Crippen molar-refractivity contribution in [1.82, 2.24) is 5.01 Å². The molecule has 0 unspecified atom stereocenters. The Morgan fingerprint density at radius 1 is 1.08 bits per heavy atom. The average Bonchev–Trinajstić information content (AvgIpc) is 2.88. The minimum absolute atomic E-state index is 0.113. The molecule has 2 aromatic rings. The van der Waals surface area contributed by atoms with E-state index in [4.69, 9.17) is 12.2 Å². The molecule has 1 aliphatic heterocycles. The van der Waals surface area contributed by atoms with Crippen LogP contribution in [0.15, 0.2) is 70.7 Å². The zero-order valence-electron chi connectivity index (χ0n) is 13.1. The third kappa shape index (κ3) is 4.23. The normalized spacial score (nSPS) is 16.6. The summed E-state index contributed by atoms with van der Waals surface area (Å²) in [6.07, 6.45) is 6.78. The number of hydrogen-bond donors (Lipinski definition) is 1. The quantitative estimate of drug-likeness (QED) is 0.498. The summed E-state index contributed by atoms with van der Waals surface area (Å²) >= 11 is 6.37. The number of nitrogens with zero attached hydrogens (tertiary/aromatic N) is 2. The van der Waals surface area contributed by atoms with Crippen LogP contribution >= 0.6 is 24.0 Å². The third-order valence-corrected chi connectivity index (χ3v) is 4.64. The number of para-hydroxylation sites is 1. The first-order chi connectivity index (χ1) is 12.1. The van der Waals surface area contributed by atoms with Crippen molar-refractivity contribution in [3.8, 4) is 5.75 Å². The van der Waals surface area contributed by atoms with Gasteiger partial charge in [0.25, 0.3) is 5.91 Å². The molecule has 1 amide bonds. The lowest BCUT2D eigenvalue weighted by Gasteiger charge is -2.05. The standard InChI is InChI=1S/C19H14N2O2S2/c22-16-11-5-4-10-15(16)13-17-18(23)21(19(24)25-17)20-12-6-9-14-7-2-1-3-8-14/h1-13,22H/b9-6-,17-13+,20-12+. The first-order valence-electron chi connectivity index (χ1n) is 7.47. The van der Waals surface area contributed by atoms with Crippen LogP contribution in [-0.4, -0.2) is 26.6 Å². The Labute approximate surface area is 155 Å². The van der Waals surface area contributed by atoms with Crippen molar-refractivity contribution >= 4 is 52.6 Å². The zero-order valence-corrected chi connectivity index (χ0v) is 14.7. The van der Waals surface area contributed by atoms with Gasteiger partial charge >= 0.3 is 0 Å². The third-order valence-electron chi connectivity index (χ3n) is 3.35. The van der Waals surface area contributed by atoms with E-state index in [2.05, 4.69) is 5.10 Å². The van der Waals surface area contributed by atoms with E-state index in [9.17, 15) is 9.90 Å². The fraction of sp³-hybridized carbons (Fsp3) is 0. The van der Waals surface area contributed by atoms with Crippen LogP contribution in [0.25, 0.3) is 12.2 Å². The van der Waals surface area contributed by atoms with E-state index < -0.39 is 0 Å². The molecule has 1 fully saturated rings. The van der Waals surface area contributed by atoms with Gasteiger partial charge in [0.2, 0.25) is 0 Å². The van der Waals surface area contributed by atoms with Gasteiger partial charge < -0.3 is 5.11 Å². The fourth-order valence-corrected chi connectivity index (χ4v) is 3.30. The van der Waals surface area contributed by atoms with Crippen molar-refractivity contribution in [2.24, 2.45) is 5.10 Å². The van der Waals surface area contributed by atoms with Crippen molar-refractivity contribution in [3.05, 3.63) is 76.7 Å². The number of carbonyl (C=O) groups is 1. The molecule has 0 atom stereocenters. The number of benzene rings is 2. The molecule has 1 saturated heterocycles. The zero-order chi connectivity index (χ0) is 17.6. The minimum atomic E-state index is -0.303. The molecule has 0 aromatic heterocycles. The number of thiocarbonyl (C=S) groups is 1. The summed E-state index contributed by atoms with van der Waals surface area (Å²) in [7, 11) is 0. The lowest BCUT2D eigenvalue weighted by molar-refractivity contribution is -0.122. The Bertz CT molecular complexity index is 889. The minimum Gasteiger partial charge on any atom is -0.507 e. The summed E-state index contributed by atoms with van der Waals surface area (Å²) in [6.45, 7) is 0. The smallest absolute Gasteiger partial charge is 0.286 e. The molecule has 0 spiro atoms. The van der Waals surface area contributed by atoms with Gasteiger partial charge in [-0.15, -0.1) is 0 Å². The molecule has 1 N–H and O–H groups in total. The predicted molar refractivity (Wildman–Crippen MR) is 107 cm³/mol. The largest absolute Gasteiger partial charge is 0.507 e. The van der Waals surface area contributed by atoms with Crippen molar-refractivity contribution in [2.75, 3.05) is 0 Å². The van der Waals surface area contributed by atoms with Crippen LogP contribution in [0.2, 0.25) is 0 Å². The molecule has 6 heteroatoms. The van der Waals surface area contributed by atoms with E-state index in [1.165, 1.54) is 11.2 Å². The maximum absolute atomic E-state index is 12.4. The number of phenolic OH excluding ortho intramolecular Hbond substituents is 1. The Balaban J connectivity index is 1.72. The Morgan fingerprint density at radius 3 is 2.56 bits per heavy atom. The highest BCUT2D eigenvalue weighted by molar-refractivity contribution is 8.26. The molecule has 1 aliphatic rings. The van der Waals surface area contributed by atoms with Crippen molar-refractivity contribution in [1.29, 1.82) is 0 Å². The van der Waals surface area contributed by atoms with E-state index in [0.29, 0.717) is 14.8 Å². The van der Waals surface area contributed by atoms with E-state index in [0.717, 1.165) is 17.3 Å². The lowest BCUT2D eigenvalue weighted by Crippen LogP contribution is -2.21. The number of allylic oxidation sites excluding steroid dienone is 1. The summed E-state index contributed by atoms with van der Waals surface area (Å²) in [4.78, 5) is 12.9. The van der Waals surface area contributed by atoms with Gasteiger partial charge in [-0.3, -0.25) is 4.79 Å². The van der Waals surface area contributed by atoms with Crippen LogP contribution in [0.3, 0.4) is 0 Å². The molecule has 0 aliphatic carbocycles. The molecule has 0 radical (unpaired) electrons. The van der Waals surface area contributed by atoms with Crippen LogP contribution in [-0.2, 0) is 4.79 Å². The summed E-state index contributed by atoms with van der Waals surface area (Å²) in [6, 6.07) is 16.6. The predicted octanol–water partition coefficient (Wildman–Crippen LogP) is 4.29. The number of hydrogen-bond acceptors (Lipinski definition) is 5. The number of carbonyl (C=O) groups excluding carboxylic acids is 1. The molecular formula is C19H14N2O2S2. The van der Waals surface area contributed by atoms with E-state index in [1.807, 2.05) is 36.4 Å². The van der Waals surface area contributed by atoms with E-state index in [1.54, 1.807) is 36.4 Å². The van der Waals surface area contributed by atoms with E-state index in [-0.39, 0.29) is 11.7 Å². The number of hydrazone groups is 1. The lowest BCUT2D eigenvalue weighted by atomic mass is 10.2. The highest BCUT2D eigenvalue weighted by Crippen LogP contribution is 2.34. The molecule has 0 saturated carbocycles. The summed E-state index contributed by atoms with van der Waals surface area (Å²) in [5.41, 5.74) is 1.61. The molecule has 1 heterocycles. The number of phenols is 1. The monoisotopic (exact) mass is 366 g/mol. The molecule has 124 valence electrons. The van der Waals surface area contributed by atoms with Crippen LogP contribution < -0.4 is 0 Å². The SMILES string of the molecule is O=C1/C(=C\c2ccccc2O)SC(=S)N1/N=C/C=C\c1ccccc1. The van der Waals surface area contributed by atoms with Crippen LogP contribution in [0.5, 0.6) is 5.75 Å². The number of thioether (sulfide) groups is 1. The topological polar surface area (TPSA) is 52.9 Å². The number of rotatable bonds is 4. The molecule has 25 heavy (non-hydrogen) atoms. The van der Waals surface area contributed by atoms with Crippen LogP contribution in [0, 0.1) is 0 Å². The van der Waals surface area contributed by atoms with Crippen LogP contribution in [0.4, 0.5) is 0 Å². The number of aromatic hydroxyl groups is 1. The maximum Gasteiger partial charge on any atom is 0.286 e. The Hall–Kier alpha value is -2.70. The van der Waals surface area contributed by atoms with Gasteiger partial charge in [0, 0.05) is 11.8 Å². The second kappa shape index (κ2) is 7.92. The second-order valence-electron chi connectivity index (χ2n) is 5.09. The summed E-state index contributed by atoms with van der Waals surface area (Å²) < 4.78 is 0.357. The molecule has 4 nitrogen and oxygen atoms in total. The maximum atomic E-state index is 12.4.